The first-order valence-electron chi connectivity index (χ1n) is 6.85. The summed E-state index contributed by atoms with van der Waals surface area (Å²) >= 11 is 3.05. The van der Waals surface area contributed by atoms with E-state index in [0.717, 1.165) is 25.3 Å². The number of nitro groups is 1. The molecule has 1 rings (SSSR count). The van der Waals surface area contributed by atoms with Crippen molar-refractivity contribution in [2.75, 3.05) is 5.32 Å². The third-order valence-electron chi connectivity index (χ3n) is 3.13. The Morgan fingerprint density at radius 3 is 2.70 bits per heavy atom. The Morgan fingerprint density at radius 2 is 2.10 bits per heavy atom. The number of rotatable bonds is 8. The van der Waals surface area contributed by atoms with Gasteiger partial charge < -0.3 is 5.32 Å². The fraction of sp³-hybridized carbons (Fsp3) is 0.571. The minimum absolute atomic E-state index is 0.114. The lowest BCUT2D eigenvalue weighted by Gasteiger charge is -2.15. The van der Waals surface area contributed by atoms with Gasteiger partial charge in [0.2, 0.25) is 0 Å². The molecule has 1 N–H and O–H groups in total. The van der Waals surface area contributed by atoms with E-state index in [0.29, 0.717) is 5.69 Å². The zero-order valence-electron chi connectivity index (χ0n) is 11.8. The summed E-state index contributed by atoms with van der Waals surface area (Å²) in [5, 5.41) is 14.0. The molecule has 1 unspecified atom stereocenters. The highest BCUT2D eigenvalue weighted by Crippen LogP contribution is 2.31. The van der Waals surface area contributed by atoms with Crippen molar-refractivity contribution in [2.24, 2.45) is 0 Å². The van der Waals surface area contributed by atoms with Crippen molar-refractivity contribution in [2.45, 2.75) is 52.0 Å². The molecule has 0 spiro atoms. The molecular weight excluding hydrogens is 327 g/mol. The van der Waals surface area contributed by atoms with Crippen LogP contribution in [-0.2, 0) is 0 Å². The molecule has 0 radical (unpaired) electrons. The quantitative estimate of drug-likeness (QED) is 0.396. The van der Waals surface area contributed by atoms with Gasteiger partial charge in [0.25, 0.3) is 5.69 Å². The Balaban J connectivity index is 2.70. The topological polar surface area (TPSA) is 55.2 Å². The van der Waals surface area contributed by atoms with E-state index in [9.17, 15) is 14.5 Å². The van der Waals surface area contributed by atoms with Gasteiger partial charge in [-0.05, 0) is 35.3 Å². The number of hydrogen-bond donors (Lipinski definition) is 1. The van der Waals surface area contributed by atoms with Crippen LogP contribution < -0.4 is 5.32 Å². The van der Waals surface area contributed by atoms with Crippen LogP contribution in [0.3, 0.4) is 0 Å². The van der Waals surface area contributed by atoms with E-state index >= 15 is 0 Å². The maximum atomic E-state index is 13.4. The summed E-state index contributed by atoms with van der Waals surface area (Å²) < 4.78 is 13.6. The van der Waals surface area contributed by atoms with E-state index in [1.807, 2.05) is 6.92 Å². The molecule has 0 saturated carbocycles. The third kappa shape index (κ3) is 5.07. The number of nitrogens with one attached hydrogen (secondary N) is 1. The van der Waals surface area contributed by atoms with Crippen molar-refractivity contribution in [3.05, 3.63) is 32.5 Å². The standard InChI is InChI=1S/C14H20BrFN2O2/c1-3-4-5-6-7-10(2)17-13-8-11(15)12(16)9-14(13)18(19)20/h8-10,17H,3-7H2,1-2H3. The lowest BCUT2D eigenvalue weighted by molar-refractivity contribution is -0.384. The lowest BCUT2D eigenvalue weighted by Crippen LogP contribution is -2.16. The van der Waals surface area contributed by atoms with Gasteiger partial charge in [-0.2, -0.15) is 0 Å². The van der Waals surface area contributed by atoms with Gasteiger partial charge in [-0.15, -0.1) is 0 Å². The molecule has 0 aliphatic rings. The molecule has 1 aromatic carbocycles. The summed E-state index contributed by atoms with van der Waals surface area (Å²) in [5.41, 5.74) is 0.123. The molecule has 4 nitrogen and oxygen atoms in total. The molecule has 1 atom stereocenters. The summed E-state index contributed by atoms with van der Waals surface area (Å²) in [6, 6.07) is 2.48. The minimum Gasteiger partial charge on any atom is -0.377 e. The Hall–Kier alpha value is -1.17. The van der Waals surface area contributed by atoms with E-state index in [1.165, 1.54) is 18.9 Å². The normalized spacial score (nSPS) is 12.2. The van der Waals surface area contributed by atoms with Gasteiger partial charge in [0.15, 0.2) is 0 Å². The molecule has 0 aliphatic carbocycles. The number of nitro benzene ring substituents is 1. The second-order valence-corrected chi connectivity index (χ2v) is 5.79. The van der Waals surface area contributed by atoms with Crippen LogP contribution in [0.1, 0.15) is 46.0 Å². The van der Waals surface area contributed by atoms with Crippen LogP contribution in [0.15, 0.2) is 16.6 Å². The van der Waals surface area contributed by atoms with E-state index in [2.05, 4.69) is 28.2 Å². The molecule has 20 heavy (non-hydrogen) atoms. The average Bonchev–Trinajstić information content (AvgIpc) is 2.38. The van der Waals surface area contributed by atoms with Crippen LogP contribution in [0, 0.1) is 15.9 Å². The molecule has 0 bridgehead atoms. The highest BCUT2D eigenvalue weighted by atomic mass is 79.9. The van der Waals surface area contributed by atoms with E-state index in [4.69, 9.17) is 0 Å². The molecule has 0 aromatic heterocycles. The van der Waals surface area contributed by atoms with Crippen molar-refractivity contribution in [3.8, 4) is 0 Å². The summed E-state index contributed by atoms with van der Waals surface area (Å²) in [5.74, 6) is -0.627. The van der Waals surface area contributed by atoms with Crippen LogP contribution in [0.5, 0.6) is 0 Å². The molecule has 0 heterocycles. The Kier molecular flexibility index (Phi) is 6.91. The van der Waals surface area contributed by atoms with Crippen LogP contribution >= 0.6 is 15.9 Å². The van der Waals surface area contributed by atoms with Crippen LogP contribution in [0.2, 0.25) is 0 Å². The van der Waals surface area contributed by atoms with Gasteiger partial charge in [0.05, 0.1) is 15.5 Å². The van der Waals surface area contributed by atoms with Crippen LogP contribution in [0.4, 0.5) is 15.8 Å². The van der Waals surface area contributed by atoms with Gasteiger partial charge in [-0.1, -0.05) is 32.6 Å². The van der Waals surface area contributed by atoms with E-state index in [1.54, 1.807) is 0 Å². The van der Waals surface area contributed by atoms with Gasteiger partial charge in [-0.3, -0.25) is 10.1 Å². The fourth-order valence-electron chi connectivity index (χ4n) is 2.02. The van der Waals surface area contributed by atoms with Crippen molar-refractivity contribution in [3.63, 3.8) is 0 Å². The largest absolute Gasteiger partial charge is 0.377 e. The SMILES string of the molecule is CCCCCCC(C)Nc1cc(Br)c(F)cc1[N+](=O)[O-]. The first kappa shape index (κ1) is 16.9. The zero-order valence-corrected chi connectivity index (χ0v) is 13.4. The number of unbranched alkanes of at least 4 members (excludes halogenated alkanes) is 3. The lowest BCUT2D eigenvalue weighted by atomic mass is 10.1. The summed E-state index contributed by atoms with van der Waals surface area (Å²) in [4.78, 5) is 10.4. The first-order chi connectivity index (χ1) is 9.45. The van der Waals surface area contributed by atoms with Gasteiger partial charge >= 0.3 is 0 Å². The number of benzene rings is 1. The second-order valence-electron chi connectivity index (χ2n) is 4.94. The predicted molar refractivity (Wildman–Crippen MR) is 82.6 cm³/mol. The minimum atomic E-state index is -0.627. The molecule has 0 fully saturated rings. The molecular formula is C14H20BrFN2O2. The number of halogens is 2. The fourth-order valence-corrected chi connectivity index (χ4v) is 2.36. The molecule has 6 heteroatoms. The van der Waals surface area contributed by atoms with Crippen molar-refractivity contribution < 1.29 is 9.31 Å². The smallest absolute Gasteiger partial charge is 0.295 e. The third-order valence-corrected chi connectivity index (χ3v) is 3.74. The highest BCUT2D eigenvalue weighted by molar-refractivity contribution is 9.10. The number of hydrogen-bond acceptors (Lipinski definition) is 3. The molecule has 0 aliphatic heterocycles. The van der Waals surface area contributed by atoms with Crippen molar-refractivity contribution in [1.82, 2.24) is 0 Å². The zero-order chi connectivity index (χ0) is 15.1. The second kappa shape index (κ2) is 8.19. The maximum absolute atomic E-state index is 13.4. The van der Waals surface area contributed by atoms with Gasteiger partial charge in [0, 0.05) is 6.04 Å². The Labute approximate surface area is 127 Å². The highest BCUT2D eigenvalue weighted by Gasteiger charge is 2.18. The van der Waals surface area contributed by atoms with Crippen molar-refractivity contribution in [1.29, 1.82) is 0 Å². The number of nitrogens with zero attached hydrogens (tertiary/aromatic N) is 1. The molecule has 1 aromatic rings. The first-order valence-corrected chi connectivity index (χ1v) is 7.65. The number of anilines is 1. The van der Waals surface area contributed by atoms with Crippen LogP contribution in [-0.4, -0.2) is 11.0 Å². The molecule has 112 valence electrons. The maximum Gasteiger partial charge on any atom is 0.295 e. The van der Waals surface area contributed by atoms with Crippen LogP contribution in [0.25, 0.3) is 0 Å². The summed E-state index contributed by atoms with van der Waals surface area (Å²) in [6.07, 6.45) is 5.56. The summed E-state index contributed by atoms with van der Waals surface area (Å²) in [6.45, 7) is 4.13. The Morgan fingerprint density at radius 1 is 1.40 bits per heavy atom. The summed E-state index contributed by atoms with van der Waals surface area (Å²) in [7, 11) is 0. The van der Waals surface area contributed by atoms with Gasteiger partial charge in [-0.25, -0.2) is 4.39 Å². The Bertz CT molecular complexity index is 469. The van der Waals surface area contributed by atoms with Gasteiger partial charge in [0.1, 0.15) is 11.5 Å². The molecule has 0 amide bonds. The monoisotopic (exact) mass is 346 g/mol. The predicted octanol–water partition coefficient (Wildman–Crippen LogP) is 5.27. The average molecular weight is 347 g/mol. The van der Waals surface area contributed by atoms with E-state index in [-0.39, 0.29) is 16.2 Å². The molecule has 0 saturated heterocycles. The van der Waals surface area contributed by atoms with Crippen molar-refractivity contribution >= 4 is 27.3 Å². The van der Waals surface area contributed by atoms with E-state index < -0.39 is 10.7 Å².